The van der Waals surface area contributed by atoms with E-state index in [-0.39, 0.29) is 5.82 Å². The van der Waals surface area contributed by atoms with E-state index in [9.17, 15) is 4.39 Å². The number of pyridine rings is 1. The van der Waals surface area contributed by atoms with Gasteiger partial charge < -0.3 is 11.1 Å². The number of benzene rings is 2. The van der Waals surface area contributed by atoms with Crippen LogP contribution in [-0.2, 0) is 0 Å². The smallest absolute Gasteiger partial charge is 0.128 e. The van der Waals surface area contributed by atoms with Crippen LogP contribution in [0.3, 0.4) is 0 Å². The third-order valence-electron chi connectivity index (χ3n) is 3.34. The summed E-state index contributed by atoms with van der Waals surface area (Å²) in [5.74, 6) is -0.234. The molecule has 0 unspecified atom stereocenters. The van der Waals surface area contributed by atoms with Crippen molar-refractivity contribution in [2.75, 3.05) is 11.1 Å². The van der Waals surface area contributed by atoms with Gasteiger partial charge in [0.15, 0.2) is 0 Å². The molecule has 0 saturated carbocycles. The fourth-order valence-electron chi connectivity index (χ4n) is 2.18. The van der Waals surface area contributed by atoms with E-state index in [1.807, 2.05) is 30.3 Å². The fraction of sp³-hybridized carbons (Fsp3) is 0.0625. The largest absolute Gasteiger partial charge is 0.398 e. The molecule has 3 nitrogen and oxygen atoms in total. The van der Waals surface area contributed by atoms with Gasteiger partial charge in [0, 0.05) is 28.5 Å². The molecule has 4 heteroatoms. The normalized spacial score (nSPS) is 10.7. The Kier molecular flexibility index (Phi) is 2.99. The van der Waals surface area contributed by atoms with E-state index in [0.29, 0.717) is 11.3 Å². The highest BCUT2D eigenvalue weighted by atomic mass is 19.1. The lowest BCUT2D eigenvalue weighted by Crippen LogP contribution is -1.98. The van der Waals surface area contributed by atoms with Gasteiger partial charge in [0.05, 0.1) is 11.2 Å². The summed E-state index contributed by atoms with van der Waals surface area (Å²) in [6, 6.07) is 12.4. The van der Waals surface area contributed by atoms with Crippen LogP contribution in [0.5, 0.6) is 0 Å². The summed E-state index contributed by atoms with van der Waals surface area (Å²) in [4.78, 5) is 4.35. The molecule has 2 aromatic carbocycles. The molecular formula is C16H14FN3. The number of rotatable bonds is 2. The number of nitrogens with one attached hydrogen (secondary N) is 1. The van der Waals surface area contributed by atoms with Gasteiger partial charge in [-0.25, -0.2) is 4.39 Å². The summed E-state index contributed by atoms with van der Waals surface area (Å²) in [5.41, 5.74) is 9.50. The van der Waals surface area contributed by atoms with Crippen molar-refractivity contribution in [3.8, 4) is 0 Å². The van der Waals surface area contributed by atoms with Crippen LogP contribution in [0.15, 0.2) is 48.7 Å². The van der Waals surface area contributed by atoms with Gasteiger partial charge in [-0.2, -0.15) is 0 Å². The Morgan fingerprint density at radius 3 is 2.75 bits per heavy atom. The average molecular weight is 267 g/mol. The monoisotopic (exact) mass is 267 g/mol. The van der Waals surface area contributed by atoms with Crippen molar-refractivity contribution >= 4 is 28.0 Å². The van der Waals surface area contributed by atoms with Gasteiger partial charge in [-0.3, -0.25) is 4.98 Å². The number of halogens is 1. The molecule has 100 valence electrons. The lowest BCUT2D eigenvalue weighted by molar-refractivity contribution is 0.619. The van der Waals surface area contributed by atoms with Crippen LogP contribution < -0.4 is 11.1 Å². The Morgan fingerprint density at radius 2 is 1.90 bits per heavy atom. The van der Waals surface area contributed by atoms with E-state index in [1.54, 1.807) is 19.2 Å². The molecule has 3 N–H and O–H groups in total. The van der Waals surface area contributed by atoms with Gasteiger partial charge in [0.25, 0.3) is 0 Å². The number of aromatic nitrogens is 1. The zero-order chi connectivity index (χ0) is 14.1. The molecule has 0 aliphatic heterocycles. The number of hydrogen-bond acceptors (Lipinski definition) is 3. The average Bonchev–Trinajstić information content (AvgIpc) is 2.47. The standard InChI is InChI=1S/C16H14FN3/c1-10-12(17)5-2-6-14(10)20-15-8-7-13(18)11-4-3-9-19-16(11)15/h2-9,20H,18H2,1H3. The minimum Gasteiger partial charge on any atom is -0.398 e. The number of fused-ring (bicyclic) bond motifs is 1. The van der Waals surface area contributed by atoms with Crippen LogP contribution in [-0.4, -0.2) is 4.98 Å². The first-order valence-corrected chi connectivity index (χ1v) is 6.32. The summed E-state index contributed by atoms with van der Waals surface area (Å²) < 4.78 is 13.6. The van der Waals surface area contributed by atoms with Gasteiger partial charge in [-0.1, -0.05) is 6.07 Å². The number of nitrogens with two attached hydrogens (primary N) is 1. The van der Waals surface area contributed by atoms with E-state index >= 15 is 0 Å². The summed E-state index contributed by atoms with van der Waals surface area (Å²) in [5, 5.41) is 4.11. The van der Waals surface area contributed by atoms with Crippen LogP contribution in [0.4, 0.5) is 21.5 Å². The maximum Gasteiger partial charge on any atom is 0.128 e. The fourth-order valence-corrected chi connectivity index (χ4v) is 2.18. The van der Waals surface area contributed by atoms with Crippen LogP contribution in [0.25, 0.3) is 10.9 Å². The minimum atomic E-state index is -0.234. The Hall–Kier alpha value is -2.62. The van der Waals surface area contributed by atoms with Gasteiger partial charge >= 0.3 is 0 Å². The SMILES string of the molecule is Cc1c(F)cccc1Nc1ccc(N)c2cccnc12. The molecule has 0 aliphatic carbocycles. The molecule has 0 saturated heterocycles. The van der Waals surface area contributed by atoms with Crippen molar-refractivity contribution in [1.29, 1.82) is 0 Å². The van der Waals surface area contributed by atoms with Crippen molar-refractivity contribution in [3.05, 3.63) is 60.0 Å². The van der Waals surface area contributed by atoms with Crippen molar-refractivity contribution in [2.45, 2.75) is 6.92 Å². The quantitative estimate of drug-likeness (QED) is 0.690. The van der Waals surface area contributed by atoms with E-state index in [0.717, 1.165) is 22.3 Å². The molecule has 1 heterocycles. The van der Waals surface area contributed by atoms with E-state index < -0.39 is 0 Å². The molecular weight excluding hydrogens is 253 g/mol. The summed E-state index contributed by atoms with van der Waals surface area (Å²) in [7, 11) is 0. The van der Waals surface area contributed by atoms with E-state index in [4.69, 9.17) is 5.73 Å². The number of nitrogen functional groups attached to an aromatic ring is 1. The predicted molar refractivity (Wildman–Crippen MR) is 80.6 cm³/mol. The molecule has 0 aliphatic rings. The first-order chi connectivity index (χ1) is 9.66. The topological polar surface area (TPSA) is 50.9 Å². The first kappa shape index (κ1) is 12.4. The molecule has 3 aromatic rings. The maximum atomic E-state index is 13.6. The van der Waals surface area contributed by atoms with Crippen LogP contribution in [0.1, 0.15) is 5.56 Å². The highest BCUT2D eigenvalue weighted by Gasteiger charge is 2.08. The molecule has 0 fully saturated rings. The number of nitrogens with zero attached hydrogens (tertiary/aromatic N) is 1. The lowest BCUT2D eigenvalue weighted by atomic mass is 10.1. The van der Waals surface area contributed by atoms with Crippen LogP contribution in [0, 0.1) is 12.7 Å². The van der Waals surface area contributed by atoms with Gasteiger partial charge in [0.2, 0.25) is 0 Å². The molecule has 0 radical (unpaired) electrons. The second-order valence-corrected chi connectivity index (χ2v) is 4.64. The second kappa shape index (κ2) is 4.81. The van der Waals surface area contributed by atoms with Crippen molar-refractivity contribution in [2.24, 2.45) is 0 Å². The van der Waals surface area contributed by atoms with Gasteiger partial charge in [-0.15, -0.1) is 0 Å². The van der Waals surface area contributed by atoms with E-state index in [1.165, 1.54) is 6.07 Å². The van der Waals surface area contributed by atoms with Crippen molar-refractivity contribution in [3.63, 3.8) is 0 Å². The highest BCUT2D eigenvalue weighted by Crippen LogP contribution is 2.30. The molecule has 1 aromatic heterocycles. The number of hydrogen-bond donors (Lipinski definition) is 2. The molecule has 0 spiro atoms. The third kappa shape index (κ3) is 2.05. The molecule has 0 atom stereocenters. The van der Waals surface area contributed by atoms with Gasteiger partial charge in [-0.05, 0) is 43.3 Å². The van der Waals surface area contributed by atoms with E-state index in [2.05, 4.69) is 10.3 Å². The minimum absolute atomic E-state index is 0.234. The van der Waals surface area contributed by atoms with Crippen molar-refractivity contribution in [1.82, 2.24) is 4.98 Å². The summed E-state index contributed by atoms with van der Waals surface area (Å²) in [6.45, 7) is 1.74. The number of anilines is 3. The molecule has 20 heavy (non-hydrogen) atoms. The summed E-state index contributed by atoms with van der Waals surface area (Å²) in [6.07, 6.45) is 1.71. The Balaban J connectivity index is 2.12. The predicted octanol–water partition coefficient (Wildman–Crippen LogP) is 4.01. The maximum absolute atomic E-state index is 13.6. The van der Waals surface area contributed by atoms with Crippen LogP contribution in [0.2, 0.25) is 0 Å². The Bertz CT molecular complexity index is 784. The second-order valence-electron chi connectivity index (χ2n) is 4.64. The third-order valence-corrected chi connectivity index (χ3v) is 3.34. The molecule has 3 rings (SSSR count). The lowest BCUT2D eigenvalue weighted by Gasteiger charge is -2.12. The van der Waals surface area contributed by atoms with Gasteiger partial charge in [0.1, 0.15) is 5.82 Å². The zero-order valence-electron chi connectivity index (χ0n) is 11.0. The highest BCUT2D eigenvalue weighted by molar-refractivity contribution is 5.99. The Morgan fingerprint density at radius 1 is 1.05 bits per heavy atom. The summed E-state index contributed by atoms with van der Waals surface area (Å²) >= 11 is 0. The molecule has 0 bridgehead atoms. The zero-order valence-corrected chi connectivity index (χ0v) is 11.0. The first-order valence-electron chi connectivity index (χ1n) is 6.32. The molecule has 0 amide bonds. The Labute approximate surface area is 116 Å². The van der Waals surface area contributed by atoms with Crippen molar-refractivity contribution < 1.29 is 4.39 Å². The van der Waals surface area contributed by atoms with Crippen LogP contribution >= 0.6 is 0 Å².